The number of rotatable bonds is 7. The largest absolute Gasteiger partial charge is 0.435 e. The summed E-state index contributed by atoms with van der Waals surface area (Å²) in [6, 6.07) is 6.02. The average molecular weight is 342 g/mol. The third kappa shape index (κ3) is 5.42. The molecule has 0 spiro atoms. The second-order valence-electron chi connectivity index (χ2n) is 5.93. The number of likely N-dealkylation sites (tertiary alicyclic amines) is 1. The Morgan fingerprint density at radius 3 is 2.50 bits per heavy atom. The molecule has 1 atom stereocenters. The van der Waals surface area contributed by atoms with Crippen LogP contribution in [0.4, 0.5) is 8.78 Å². The highest BCUT2D eigenvalue weighted by Crippen LogP contribution is 2.23. The maximum absolute atomic E-state index is 12.1. The van der Waals surface area contributed by atoms with Crippen LogP contribution in [0.2, 0.25) is 0 Å². The monoisotopic (exact) mass is 342 g/mol. The molecule has 1 fully saturated rings. The maximum atomic E-state index is 12.1. The molecule has 0 aromatic heterocycles. The number of halogens is 2. The number of piperidine rings is 1. The molecule has 1 aromatic rings. The number of nitrogens with one attached hydrogen (secondary N) is 1. The summed E-state index contributed by atoms with van der Waals surface area (Å²) in [4.78, 5) is 13.9. The van der Waals surface area contributed by atoms with E-state index in [1.807, 2.05) is 6.92 Å². The fourth-order valence-electron chi connectivity index (χ4n) is 2.92. The van der Waals surface area contributed by atoms with Crippen molar-refractivity contribution in [3.63, 3.8) is 0 Å². The van der Waals surface area contributed by atoms with Crippen LogP contribution in [0.25, 0.3) is 0 Å². The minimum atomic E-state index is -2.85. The van der Waals surface area contributed by atoms with Crippen LogP contribution in [-0.4, -0.2) is 48.7 Å². The number of aliphatic hydroxyl groups excluding tert-OH is 1. The fraction of sp³-hybridized carbons (Fsp3) is 0.588. The van der Waals surface area contributed by atoms with Gasteiger partial charge in [0.05, 0.1) is 6.10 Å². The molecule has 2 rings (SSSR count). The van der Waals surface area contributed by atoms with E-state index >= 15 is 0 Å². The molecule has 0 saturated carbocycles. The molecule has 7 heteroatoms. The van der Waals surface area contributed by atoms with Crippen LogP contribution in [0.15, 0.2) is 24.3 Å². The maximum Gasteiger partial charge on any atom is 0.387 e. The summed E-state index contributed by atoms with van der Waals surface area (Å²) in [6.45, 7) is 1.66. The minimum Gasteiger partial charge on any atom is -0.435 e. The van der Waals surface area contributed by atoms with E-state index in [0.717, 1.165) is 25.9 Å². The van der Waals surface area contributed by atoms with Gasteiger partial charge < -0.3 is 20.1 Å². The summed E-state index contributed by atoms with van der Waals surface area (Å²) in [5.74, 6) is 0.222. The molecular weight excluding hydrogens is 318 g/mol. The molecule has 1 heterocycles. The van der Waals surface area contributed by atoms with Crippen molar-refractivity contribution >= 4 is 5.91 Å². The minimum absolute atomic E-state index is 0.0455. The van der Waals surface area contributed by atoms with E-state index in [1.165, 1.54) is 12.1 Å². The molecule has 1 aliphatic rings. The van der Waals surface area contributed by atoms with Crippen molar-refractivity contribution in [1.82, 2.24) is 10.2 Å². The van der Waals surface area contributed by atoms with Crippen molar-refractivity contribution in [3.8, 4) is 5.75 Å². The molecule has 1 aliphatic heterocycles. The van der Waals surface area contributed by atoms with Gasteiger partial charge in [0.25, 0.3) is 0 Å². The number of hydrogen-bond donors (Lipinski definition) is 2. The average Bonchev–Trinajstić information content (AvgIpc) is 2.56. The number of ether oxygens (including phenoxy) is 1. The highest BCUT2D eigenvalue weighted by Gasteiger charge is 2.25. The van der Waals surface area contributed by atoms with E-state index in [4.69, 9.17) is 0 Å². The van der Waals surface area contributed by atoms with Crippen LogP contribution in [0, 0.1) is 5.92 Å². The third-order valence-corrected chi connectivity index (χ3v) is 4.23. The number of carbonyl (C=O) groups excluding carboxylic acids is 1. The zero-order valence-corrected chi connectivity index (χ0v) is 13.8. The number of benzene rings is 1. The predicted octanol–water partition coefficient (Wildman–Crippen LogP) is 2.17. The Morgan fingerprint density at radius 2 is 1.96 bits per heavy atom. The van der Waals surface area contributed by atoms with Gasteiger partial charge >= 0.3 is 6.61 Å². The quantitative estimate of drug-likeness (QED) is 0.797. The van der Waals surface area contributed by atoms with E-state index in [2.05, 4.69) is 15.0 Å². The molecule has 0 radical (unpaired) electrons. The Labute approximate surface area is 140 Å². The molecule has 2 N–H and O–H groups in total. The molecule has 1 unspecified atom stereocenters. The van der Waals surface area contributed by atoms with Gasteiger partial charge in [0.15, 0.2) is 0 Å². The van der Waals surface area contributed by atoms with Crippen molar-refractivity contribution in [1.29, 1.82) is 0 Å². The molecule has 0 aliphatic carbocycles. The standard InChI is InChI=1S/C17H24F2N2O3/c1-2-20-16(23)13-7-9-21(10-8-13)11-15(22)12-3-5-14(6-4-12)24-17(18)19/h3-6,13,15,17,22H,2,7-11H2,1H3,(H,20,23). The van der Waals surface area contributed by atoms with Crippen LogP contribution in [0.5, 0.6) is 5.75 Å². The Hall–Kier alpha value is -1.73. The molecular formula is C17H24F2N2O3. The topological polar surface area (TPSA) is 61.8 Å². The van der Waals surface area contributed by atoms with E-state index < -0.39 is 12.7 Å². The number of β-amino-alcohol motifs (C(OH)–C–C–N with tert-alkyl or cyclic N) is 1. The molecule has 1 saturated heterocycles. The number of alkyl halides is 2. The summed E-state index contributed by atoms with van der Waals surface area (Å²) < 4.78 is 28.5. The van der Waals surface area contributed by atoms with Crippen molar-refractivity contribution in [2.75, 3.05) is 26.2 Å². The van der Waals surface area contributed by atoms with Crippen molar-refractivity contribution in [2.45, 2.75) is 32.5 Å². The predicted molar refractivity (Wildman–Crippen MR) is 85.9 cm³/mol. The molecule has 24 heavy (non-hydrogen) atoms. The number of carbonyl (C=O) groups is 1. The summed E-state index contributed by atoms with van der Waals surface area (Å²) >= 11 is 0. The highest BCUT2D eigenvalue weighted by molar-refractivity contribution is 5.78. The van der Waals surface area contributed by atoms with Gasteiger partial charge in [-0.15, -0.1) is 0 Å². The van der Waals surface area contributed by atoms with Crippen LogP contribution in [-0.2, 0) is 4.79 Å². The van der Waals surface area contributed by atoms with E-state index in [0.29, 0.717) is 18.7 Å². The van der Waals surface area contributed by atoms with E-state index in [-0.39, 0.29) is 17.6 Å². The summed E-state index contributed by atoms with van der Waals surface area (Å²) in [5.41, 5.74) is 0.655. The van der Waals surface area contributed by atoms with E-state index in [9.17, 15) is 18.7 Å². The molecule has 1 amide bonds. The zero-order valence-electron chi connectivity index (χ0n) is 13.8. The second-order valence-corrected chi connectivity index (χ2v) is 5.93. The Bertz CT molecular complexity index is 517. The number of amides is 1. The van der Waals surface area contributed by atoms with Gasteiger partial charge in [0.1, 0.15) is 5.75 Å². The van der Waals surface area contributed by atoms with Crippen LogP contribution >= 0.6 is 0 Å². The SMILES string of the molecule is CCNC(=O)C1CCN(CC(O)c2ccc(OC(F)F)cc2)CC1. The number of nitrogens with zero attached hydrogens (tertiary/aromatic N) is 1. The molecule has 5 nitrogen and oxygen atoms in total. The first-order valence-electron chi connectivity index (χ1n) is 8.22. The fourth-order valence-corrected chi connectivity index (χ4v) is 2.92. The smallest absolute Gasteiger partial charge is 0.387 e. The number of aliphatic hydroxyl groups is 1. The zero-order chi connectivity index (χ0) is 17.5. The molecule has 1 aromatic carbocycles. The van der Waals surface area contributed by atoms with Gasteiger partial charge in [-0.25, -0.2) is 0 Å². The first-order valence-corrected chi connectivity index (χ1v) is 8.22. The second kappa shape index (κ2) is 8.94. The molecule has 134 valence electrons. The third-order valence-electron chi connectivity index (χ3n) is 4.23. The summed E-state index contributed by atoms with van der Waals surface area (Å²) in [5, 5.41) is 13.1. The van der Waals surface area contributed by atoms with Gasteiger partial charge in [-0.2, -0.15) is 8.78 Å². The van der Waals surface area contributed by atoms with Crippen LogP contribution in [0.3, 0.4) is 0 Å². The van der Waals surface area contributed by atoms with Crippen molar-refractivity contribution in [2.24, 2.45) is 5.92 Å². The Kier molecular flexibility index (Phi) is 6.93. The van der Waals surface area contributed by atoms with Crippen LogP contribution in [0.1, 0.15) is 31.4 Å². The lowest BCUT2D eigenvalue weighted by Gasteiger charge is -2.32. The summed E-state index contributed by atoms with van der Waals surface area (Å²) in [6.07, 6.45) is 0.853. The van der Waals surface area contributed by atoms with E-state index in [1.54, 1.807) is 12.1 Å². The first-order chi connectivity index (χ1) is 11.5. The van der Waals surface area contributed by atoms with Gasteiger partial charge in [0.2, 0.25) is 5.91 Å². The van der Waals surface area contributed by atoms with Crippen LogP contribution < -0.4 is 10.1 Å². The lowest BCUT2D eigenvalue weighted by atomic mass is 9.95. The van der Waals surface area contributed by atoms with Crippen molar-refractivity contribution in [3.05, 3.63) is 29.8 Å². The van der Waals surface area contributed by atoms with Gasteiger partial charge in [-0.05, 0) is 50.6 Å². The highest BCUT2D eigenvalue weighted by atomic mass is 19.3. The lowest BCUT2D eigenvalue weighted by Crippen LogP contribution is -2.41. The van der Waals surface area contributed by atoms with Gasteiger partial charge in [-0.3, -0.25) is 4.79 Å². The Morgan fingerprint density at radius 1 is 1.33 bits per heavy atom. The van der Waals surface area contributed by atoms with Crippen molar-refractivity contribution < 1.29 is 23.4 Å². The van der Waals surface area contributed by atoms with Gasteiger partial charge in [0, 0.05) is 19.0 Å². The normalized spacial score (nSPS) is 17.7. The first kappa shape index (κ1) is 18.6. The Balaban J connectivity index is 1.80. The summed E-state index contributed by atoms with van der Waals surface area (Å²) in [7, 11) is 0. The van der Waals surface area contributed by atoms with Gasteiger partial charge in [-0.1, -0.05) is 12.1 Å². The number of hydrogen-bond acceptors (Lipinski definition) is 4. The molecule has 0 bridgehead atoms. The lowest BCUT2D eigenvalue weighted by molar-refractivity contribution is -0.126.